The highest BCUT2D eigenvalue weighted by atomic mass is 35.5. The summed E-state index contributed by atoms with van der Waals surface area (Å²) in [7, 11) is 0. The largest absolute Gasteiger partial charge is 0.381 e. The van der Waals surface area contributed by atoms with Crippen LogP contribution in [0.3, 0.4) is 0 Å². The predicted octanol–water partition coefficient (Wildman–Crippen LogP) is 1.43. The molecule has 5 nitrogen and oxygen atoms in total. The van der Waals surface area contributed by atoms with E-state index in [0.717, 1.165) is 25.9 Å². The summed E-state index contributed by atoms with van der Waals surface area (Å²) in [4.78, 5) is 14.9. The average Bonchev–Trinajstić information content (AvgIpc) is 2.98. The van der Waals surface area contributed by atoms with Crippen LogP contribution in [-0.4, -0.2) is 56.7 Å². The van der Waals surface area contributed by atoms with E-state index in [4.69, 9.17) is 10.5 Å². The molecule has 7 heteroatoms. The van der Waals surface area contributed by atoms with E-state index < -0.39 is 5.41 Å². The Hall–Kier alpha value is -0.0700. The zero-order valence-corrected chi connectivity index (χ0v) is 15.1. The number of ether oxygens (including phenoxy) is 1. The van der Waals surface area contributed by atoms with Gasteiger partial charge < -0.3 is 20.7 Å². The number of hydrogen-bond acceptors (Lipinski definition) is 4. The van der Waals surface area contributed by atoms with Crippen LogP contribution < -0.4 is 11.1 Å². The molecule has 0 aliphatic carbocycles. The van der Waals surface area contributed by atoms with E-state index in [1.54, 1.807) is 0 Å². The predicted molar refractivity (Wildman–Crippen MR) is 93.9 cm³/mol. The quantitative estimate of drug-likeness (QED) is 0.756. The summed E-state index contributed by atoms with van der Waals surface area (Å²) in [6.07, 6.45) is 4.12. The number of halogens is 2. The summed E-state index contributed by atoms with van der Waals surface area (Å²) in [5.41, 5.74) is 5.46. The maximum atomic E-state index is 12.4. The van der Waals surface area contributed by atoms with Gasteiger partial charge >= 0.3 is 0 Å². The van der Waals surface area contributed by atoms with E-state index in [1.807, 2.05) is 0 Å². The lowest BCUT2D eigenvalue weighted by atomic mass is 9.79. The molecular formula is C15H31Cl2N3O2. The van der Waals surface area contributed by atoms with Gasteiger partial charge in [-0.1, -0.05) is 6.92 Å². The molecule has 1 atom stereocenters. The lowest BCUT2D eigenvalue weighted by Crippen LogP contribution is -2.50. The molecule has 0 radical (unpaired) electrons. The minimum atomic E-state index is -0.397. The van der Waals surface area contributed by atoms with Crippen molar-refractivity contribution in [1.29, 1.82) is 0 Å². The fourth-order valence-corrected chi connectivity index (χ4v) is 3.21. The van der Waals surface area contributed by atoms with Gasteiger partial charge in [0.1, 0.15) is 0 Å². The average molecular weight is 356 g/mol. The Bertz CT molecular complexity index is 320. The number of nitrogens with zero attached hydrogens (tertiary/aromatic N) is 1. The van der Waals surface area contributed by atoms with Crippen molar-refractivity contribution in [3.8, 4) is 0 Å². The SMILES string of the molecule is CC(CNC(=O)C1(CN)CCOCC1)CN1CCCC1.Cl.Cl. The maximum Gasteiger partial charge on any atom is 0.227 e. The van der Waals surface area contributed by atoms with Gasteiger partial charge in [-0.25, -0.2) is 0 Å². The number of likely N-dealkylation sites (tertiary alicyclic amines) is 1. The molecule has 22 heavy (non-hydrogen) atoms. The van der Waals surface area contributed by atoms with Crippen LogP contribution in [0.25, 0.3) is 0 Å². The molecule has 132 valence electrons. The Morgan fingerprint density at radius 1 is 1.27 bits per heavy atom. The van der Waals surface area contributed by atoms with Gasteiger partial charge in [-0.15, -0.1) is 24.8 Å². The van der Waals surface area contributed by atoms with Crippen LogP contribution >= 0.6 is 24.8 Å². The first-order valence-electron chi connectivity index (χ1n) is 7.95. The second-order valence-corrected chi connectivity index (χ2v) is 6.42. The van der Waals surface area contributed by atoms with Gasteiger partial charge in [-0.05, 0) is 44.7 Å². The lowest BCUT2D eigenvalue weighted by Gasteiger charge is -2.35. The van der Waals surface area contributed by atoms with Crippen LogP contribution in [-0.2, 0) is 9.53 Å². The first-order valence-corrected chi connectivity index (χ1v) is 7.95. The van der Waals surface area contributed by atoms with Gasteiger partial charge in [0.05, 0.1) is 5.41 Å². The van der Waals surface area contributed by atoms with E-state index in [-0.39, 0.29) is 30.7 Å². The summed E-state index contributed by atoms with van der Waals surface area (Å²) < 4.78 is 5.35. The molecule has 0 spiro atoms. The minimum Gasteiger partial charge on any atom is -0.381 e. The van der Waals surface area contributed by atoms with E-state index in [9.17, 15) is 4.79 Å². The Morgan fingerprint density at radius 2 is 1.86 bits per heavy atom. The Kier molecular flexibility index (Phi) is 10.6. The molecule has 0 aromatic carbocycles. The normalized spacial score (nSPS) is 22.3. The molecule has 2 fully saturated rings. The fourth-order valence-electron chi connectivity index (χ4n) is 3.21. The van der Waals surface area contributed by atoms with Crippen molar-refractivity contribution in [3.63, 3.8) is 0 Å². The molecule has 0 saturated carbocycles. The van der Waals surface area contributed by atoms with Gasteiger partial charge in [-0.2, -0.15) is 0 Å². The highest BCUT2D eigenvalue weighted by Gasteiger charge is 2.38. The Morgan fingerprint density at radius 3 is 2.41 bits per heavy atom. The molecule has 1 unspecified atom stereocenters. The highest BCUT2D eigenvalue weighted by Crippen LogP contribution is 2.29. The number of nitrogens with one attached hydrogen (secondary N) is 1. The molecule has 2 rings (SSSR count). The number of rotatable bonds is 6. The van der Waals surface area contributed by atoms with E-state index in [1.165, 1.54) is 25.9 Å². The highest BCUT2D eigenvalue weighted by molar-refractivity contribution is 5.85. The standard InChI is InChI=1S/C15H29N3O2.2ClH/c1-13(11-18-6-2-3-7-18)10-17-14(19)15(12-16)4-8-20-9-5-15;;/h13H,2-12,16H2,1H3,(H,17,19);2*1H. The van der Waals surface area contributed by atoms with Crippen molar-refractivity contribution in [2.24, 2.45) is 17.1 Å². The molecule has 3 N–H and O–H groups in total. The fraction of sp³-hybridized carbons (Fsp3) is 0.933. The van der Waals surface area contributed by atoms with Gasteiger partial charge in [-0.3, -0.25) is 4.79 Å². The molecular weight excluding hydrogens is 325 g/mol. The van der Waals surface area contributed by atoms with Gasteiger partial charge in [0.25, 0.3) is 0 Å². The van der Waals surface area contributed by atoms with Crippen molar-refractivity contribution in [1.82, 2.24) is 10.2 Å². The van der Waals surface area contributed by atoms with Crippen molar-refractivity contribution in [2.75, 3.05) is 45.9 Å². The second kappa shape index (κ2) is 10.7. The number of carbonyl (C=O) groups is 1. The molecule has 1 amide bonds. The monoisotopic (exact) mass is 355 g/mol. The van der Waals surface area contributed by atoms with Gasteiger partial charge in [0.2, 0.25) is 5.91 Å². The zero-order chi connectivity index (χ0) is 14.4. The van der Waals surface area contributed by atoms with Crippen molar-refractivity contribution in [3.05, 3.63) is 0 Å². The third kappa shape index (κ3) is 5.85. The number of nitrogens with two attached hydrogens (primary N) is 1. The number of amides is 1. The minimum absolute atomic E-state index is 0. The second-order valence-electron chi connectivity index (χ2n) is 6.42. The summed E-state index contributed by atoms with van der Waals surface area (Å²) in [6, 6.07) is 0. The summed E-state index contributed by atoms with van der Waals surface area (Å²) >= 11 is 0. The number of hydrogen-bond donors (Lipinski definition) is 2. The van der Waals surface area contributed by atoms with E-state index in [2.05, 4.69) is 17.1 Å². The van der Waals surface area contributed by atoms with Crippen molar-refractivity contribution in [2.45, 2.75) is 32.6 Å². The third-order valence-corrected chi connectivity index (χ3v) is 4.70. The van der Waals surface area contributed by atoms with E-state index in [0.29, 0.717) is 25.7 Å². The molecule has 2 aliphatic heterocycles. The van der Waals surface area contributed by atoms with Crippen LogP contribution in [0, 0.1) is 11.3 Å². The Balaban J connectivity index is 0.00000220. The molecule has 0 aromatic rings. The molecule has 2 aliphatic rings. The zero-order valence-electron chi connectivity index (χ0n) is 13.5. The van der Waals surface area contributed by atoms with Crippen LogP contribution in [0.4, 0.5) is 0 Å². The summed E-state index contributed by atoms with van der Waals surface area (Å²) in [5, 5.41) is 3.12. The van der Waals surface area contributed by atoms with Gasteiger partial charge in [0, 0.05) is 32.8 Å². The summed E-state index contributed by atoms with van der Waals surface area (Å²) in [6.45, 7) is 8.17. The van der Waals surface area contributed by atoms with Crippen LogP contribution in [0.5, 0.6) is 0 Å². The molecule has 2 heterocycles. The van der Waals surface area contributed by atoms with Crippen molar-refractivity contribution >= 4 is 30.7 Å². The molecule has 0 bridgehead atoms. The first-order chi connectivity index (χ1) is 9.66. The molecule has 2 saturated heterocycles. The number of carbonyl (C=O) groups excluding carboxylic acids is 1. The third-order valence-electron chi connectivity index (χ3n) is 4.70. The first kappa shape index (κ1) is 21.9. The maximum absolute atomic E-state index is 12.4. The van der Waals surface area contributed by atoms with E-state index >= 15 is 0 Å². The van der Waals surface area contributed by atoms with Crippen molar-refractivity contribution < 1.29 is 9.53 Å². The topological polar surface area (TPSA) is 67.6 Å². The van der Waals surface area contributed by atoms with Crippen LogP contribution in [0.2, 0.25) is 0 Å². The Labute approximate surface area is 146 Å². The summed E-state index contributed by atoms with van der Waals surface area (Å²) in [5.74, 6) is 0.614. The smallest absolute Gasteiger partial charge is 0.227 e. The van der Waals surface area contributed by atoms with Crippen LogP contribution in [0.1, 0.15) is 32.6 Å². The molecule has 0 aromatic heterocycles. The van der Waals surface area contributed by atoms with Crippen LogP contribution in [0.15, 0.2) is 0 Å². The lowest BCUT2D eigenvalue weighted by molar-refractivity contribution is -0.136. The van der Waals surface area contributed by atoms with Gasteiger partial charge in [0.15, 0.2) is 0 Å².